The maximum Gasteiger partial charge on any atom is 0.435 e. The SMILES string of the molecule is NC(=O)COC(=O)c1ccc(C2=NOC(c3cc(F)c(F)c(C(F)(F)F)c3)(C(F)(F)F)C2)c2ccccc12. The number of carbonyl (C=O) groups excluding carboxylic acids is 2. The predicted octanol–water partition coefficient (Wildman–Crippen LogP) is 5.36. The van der Waals surface area contributed by atoms with Crippen molar-refractivity contribution in [1.82, 2.24) is 0 Å². The van der Waals surface area contributed by atoms with Crippen molar-refractivity contribution in [3.8, 4) is 0 Å². The summed E-state index contributed by atoms with van der Waals surface area (Å²) in [6, 6.07) is 8.03. The lowest BCUT2D eigenvalue weighted by Crippen LogP contribution is -2.43. The van der Waals surface area contributed by atoms with Crippen molar-refractivity contribution in [2.75, 3.05) is 6.61 Å². The van der Waals surface area contributed by atoms with Gasteiger partial charge in [0.2, 0.25) is 0 Å². The molecule has 1 unspecified atom stereocenters. The molecule has 0 saturated carbocycles. The normalized spacial score (nSPS) is 17.7. The van der Waals surface area contributed by atoms with E-state index in [-0.39, 0.29) is 34.0 Å². The van der Waals surface area contributed by atoms with Crippen molar-refractivity contribution < 1.29 is 54.3 Å². The molecule has 1 aliphatic rings. The summed E-state index contributed by atoms with van der Waals surface area (Å²) in [6.07, 6.45) is -12.1. The number of hydrogen-bond donors (Lipinski definition) is 1. The number of benzene rings is 3. The van der Waals surface area contributed by atoms with Gasteiger partial charge in [-0.1, -0.05) is 35.5 Å². The highest BCUT2D eigenvalue weighted by Gasteiger charge is 2.63. The summed E-state index contributed by atoms with van der Waals surface area (Å²) < 4.78 is 115. The molecule has 200 valence electrons. The number of nitrogens with two attached hydrogens (primary N) is 1. The van der Waals surface area contributed by atoms with E-state index in [0.29, 0.717) is 0 Å². The molecule has 0 fully saturated rings. The zero-order valence-corrected chi connectivity index (χ0v) is 18.7. The Balaban J connectivity index is 1.80. The van der Waals surface area contributed by atoms with Gasteiger partial charge in [0.25, 0.3) is 11.5 Å². The molecule has 4 rings (SSSR count). The smallest absolute Gasteiger partial charge is 0.435 e. The second-order valence-electron chi connectivity index (χ2n) is 8.20. The Bertz CT molecular complexity index is 1480. The molecule has 3 aromatic rings. The van der Waals surface area contributed by atoms with Gasteiger partial charge in [-0.15, -0.1) is 0 Å². The summed E-state index contributed by atoms with van der Waals surface area (Å²) >= 11 is 0. The summed E-state index contributed by atoms with van der Waals surface area (Å²) in [5.74, 6) is -6.39. The van der Waals surface area contributed by atoms with Gasteiger partial charge in [-0.2, -0.15) is 26.3 Å². The van der Waals surface area contributed by atoms with Crippen molar-refractivity contribution in [1.29, 1.82) is 0 Å². The zero-order valence-electron chi connectivity index (χ0n) is 18.7. The van der Waals surface area contributed by atoms with Crippen LogP contribution in [0.2, 0.25) is 0 Å². The number of oxime groups is 1. The fourth-order valence-corrected chi connectivity index (χ4v) is 4.02. The van der Waals surface area contributed by atoms with Gasteiger partial charge in [0.1, 0.15) is 0 Å². The van der Waals surface area contributed by atoms with Gasteiger partial charge in [-0.3, -0.25) is 4.79 Å². The van der Waals surface area contributed by atoms with Gasteiger partial charge in [-0.05, 0) is 29.0 Å². The Morgan fingerprint density at radius 3 is 2.26 bits per heavy atom. The number of primary amides is 1. The maximum absolute atomic E-state index is 14.3. The van der Waals surface area contributed by atoms with Gasteiger partial charge < -0.3 is 15.3 Å². The average Bonchev–Trinajstić information content (AvgIpc) is 3.29. The van der Waals surface area contributed by atoms with Crippen molar-refractivity contribution in [2.24, 2.45) is 10.9 Å². The minimum atomic E-state index is -5.49. The van der Waals surface area contributed by atoms with Crippen LogP contribution in [0, 0.1) is 11.6 Å². The molecule has 0 aliphatic carbocycles. The molecule has 6 nitrogen and oxygen atoms in total. The van der Waals surface area contributed by atoms with Crippen LogP contribution in [0.5, 0.6) is 0 Å². The molecule has 1 aliphatic heterocycles. The number of hydrogen-bond acceptors (Lipinski definition) is 5. The van der Waals surface area contributed by atoms with Crippen molar-refractivity contribution >= 4 is 28.4 Å². The van der Waals surface area contributed by atoms with Crippen molar-refractivity contribution in [3.63, 3.8) is 0 Å². The summed E-state index contributed by atoms with van der Waals surface area (Å²) in [5, 5.41) is 3.81. The van der Waals surface area contributed by atoms with Crippen LogP contribution in [0.1, 0.15) is 33.5 Å². The Morgan fingerprint density at radius 1 is 1.00 bits per heavy atom. The average molecular weight is 546 g/mol. The standard InChI is InChI=1S/C24H14F8N2O4/c25-17-8-11(7-16(20(17)26)23(27,28)29)22(24(30,31)32)9-18(34-38-22)14-5-6-15(21(36)37-10-19(33)35)13-4-2-1-3-12(13)14/h1-8H,9-10H2,(H2,33,35). The molecule has 0 spiro atoms. The fraction of sp³-hybridized carbons (Fsp3) is 0.208. The van der Waals surface area contributed by atoms with Crippen LogP contribution in [0.25, 0.3) is 10.8 Å². The third-order valence-corrected chi connectivity index (χ3v) is 5.79. The number of fused-ring (bicyclic) bond motifs is 1. The van der Waals surface area contributed by atoms with Gasteiger partial charge in [0.05, 0.1) is 16.8 Å². The largest absolute Gasteiger partial charge is 0.452 e. The van der Waals surface area contributed by atoms with E-state index in [0.717, 1.165) is 0 Å². The van der Waals surface area contributed by atoms with Crippen LogP contribution >= 0.6 is 0 Å². The lowest BCUT2D eigenvalue weighted by Gasteiger charge is -2.30. The monoisotopic (exact) mass is 546 g/mol. The molecular formula is C24H14F8N2O4. The van der Waals surface area contributed by atoms with Crippen LogP contribution in [0.15, 0.2) is 53.7 Å². The zero-order chi connectivity index (χ0) is 28.0. The van der Waals surface area contributed by atoms with Crippen molar-refractivity contribution in [2.45, 2.75) is 24.4 Å². The lowest BCUT2D eigenvalue weighted by atomic mass is 9.84. The molecule has 2 N–H and O–H groups in total. The fourth-order valence-electron chi connectivity index (χ4n) is 4.02. The number of rotatable bonds is 5. The molecule has 1 heterocycles. The van der Waals surface area contributed by atoms with Gasteiger partial charge in [-0.25, -0.2) is 13.6 Å². The number of esters is 1. The van der Waals surface area contributed by atoms with Crippen LogP contribution in [0.3, 0.4) is 0 Å². The van der Waals surface area contributed by atoms with Gasteiger partial charge in [0.15, 0.2) is 18.2 Å². The van der Waals surface area contributed by atoms with E-state index in [2.05, 4.69) is 9.99 Å². The number of halogens is 8. The Labute approximate surface area is 207 Å². The first-order valence-electron chi connectivity index (χ1n) is 10.5. The number of ether oxygens (including phenoxy) is 1. The first-order valence-corrected chi connectivity index (χ1v) is 10.5. The van der Waals surface area contributed by atoms with Gasteiger partial charge in [0, 0.05) is 17.5 Å². The van der Waals surface area contributed by atoms with E-state index >= 15 is 0 Å². The molecule has 0 aromatic heterocycles. The molecule has 1 atom stereocenters. The number of carbonyl (C=O) groups is 2. The molecule has 3 aromatic carbocycles. The highest BCUT2D eigenvalue weighted by molar-refractivity contribution is 6.15. The molecule has 1 amide bonds. The summed E-state index contributed by atoms with van der Waals surface area (Å²) in [4.78, 5) is 28.0. The minimum Gasteiger partial charge on any atom is -0.452 e. The topological polar surface area (TPSA) is 91.0 Å². The third-order valence-electron chi connectivity index (χ3n) is 5.79. The van der Waals surface area contributed by atoms with Crippen molar-refractivity contribution in [3.05, 3.63) is 82.4 Å². The van der Waals surface area contributed by atoms with E-state index in [9.17, 15) is 44.7 Å². The molecule has 14 heteroatoms. The van der Waals surface area contributed by atoms with Crippen LogP contribution < -0.4 is 5.73 Å². The Hall–Kier alpha value is -4.23. The maximum atomic E-state index is 14.3. The molecular weight excluding hydrogens is 532 g/mol. The quantitative estimate of drug-likeness (QED) is 0.345. The molecule has 38 heavy (non-hydrogen) atoms. The minimum absolute atomic E-state index is 0.0109. The first kappa shape index (κ1) is 26.8. The first-order chi connectivity index (χ1) is 17.7. The van der Waals surface area contributed by atoms with E-state index in [1.807, 2.05) is 0 Å². The highest BCUT2D eigenvalue weighted by atomic mass is 19.4. The summed E-state index contributed by atoms with van der Waals surface area (Å²) in [5.41, 5.74) is -2.65. The third kappa shape index (κ3) is 4.61. The number of amides is 1. The van der Waals surface area contributed by atoms with Crippen LogP contribution in [0.4, 0.5) is 35.1 Å². The second-order valence-corrected chi connectivity index (χ2v) is 8.20. The molecule has 0 radical (unpaired) electrons. The summed E-state index contributed by atoms with van der Waals surface area (Å²) in [7, 11) is 0. The van der Waals surface area contributed by atoms with E-state index in [1.54, 1.807) is 0 Å². The predicted molar refractivity (Wildman–Crippen MR) is 115 cm³/mol. The van der Waals surface area contributed by atoms with E-state index < -0.39 is 71.3 Å². The van der Waals surface area contributed by atoms with Crippen LogP contribution in [-0.4, -0.2) is 30.4 Å². The van der Waals surface area contributed by atoms with Crippen LogP contribution in [-0.2, 0) is 26.1 Å². The lowest BCUT2D eigenvalue weighted by molar-refractivity contribution is -0.276. The Kier molecular flexibility index (Phi) is 6.54. The van der Waals surface area contributed by atoms with E-state index in [4.69, 9.17) is 10.5 Å². The molecule has 0 bridgehead atoms. The second kappa shape index (κ2) is 9.26. The number of nitrogens with zero attached hydrogens (tertiary/aromatic N) is 1. The van der Waals surface area contributed by atoms with Gasteiger partial charge >= 0.3 is 18.3 Å². The Morgan fingerprint density at radius 2 is 1.66 bits per heavy atom. The molecule has 0 saturated heterocycles. The van der Waals surface area contributed by atoms with E-state index in [1.165, 1.54) is 36.4 Å². The number of alkyl halides is 6. The highest BCUT2D eigenvalue weighted by Crippen LogP contribution is 2.50. The summed E-state index contributed by atoms with van der Waals surface area (Å²) in [6.45, 7) is -0.724.